The summed E-state index contributed by atoms with van der Waals surface area (Å²) < 4.78 is 0. The van der Waals surface area contributed by atoms with Gasteiger partial charge in [0.1, 0.15) is 0 Å². The first-order chi connectivity index (χ1) is 9.63. The normalized spacial score (nSPS) is 20.1. The number of carbonyl (C=O) groups is 1. The van der Waals surface area contributed by atoms with Crippen molar-refractivity contribution in [2.45, 2.75) is 58.9 Å². The molecule has 1 fully saturated rings. The van der Waals surface area contributed by atoms with Gasteiger partial charge in [0.2, 0.25) is 0 Å². The summed E-state index contributed by atoms with van der Waals surface area (Å²) in [7, 11) is 0. The van der Waals surface area contributed by atoms with Crippen molar-refractivity contribution in [1.29, 1.82) is 0 Å². The number of likely N-dealkylation sites (tertiary alicyclic amines) is 1. The van der Waals surface area contributed by atoms with Crippen LogP contribution in [0.4, 0.5) is 0 Å². The molecule has 20 heavy (non-hydrogen) atoms. The zero-order valence-corrected chi connectivity index (χ0v) is 13.1. The number of piperidine rings is 1. The summed E-state index contributed by atoms with van der Waals surface area (Å²) in [5.74, 6) is 0.413. The van der Waals surface area contributed by atoms with E-state index in [1.165, 1.54) is 29.5 Å². The van der Waals surface area contributed by atoms with Crippen LogP contribution in [-0.4, -0.2) is 29.8 Å². The van der Waals surface area contributed by atoms with Crippen molar-refractivity contribution in [2.24, 2.45) is 0 Å². The molecule has 0 N–H and O–H groups in total. The molecule has 0 aromatic heterocycles. The highest BCUT2D eigenvalue weighted by Crippen LogP contribution is 2.21. The number of ketones is 1. The van der Waals surface area contributed by atoms with Gasteiger partial charge in [0.15, 0.2) is 5.78 Å². The number of hydrogen-bond donors (Lipinski definition) is 0. The van der Waals surface area contributed by atoms with E-state index in [1.54, 1.807) is 0 Å². The molecule has 1 saturated heterocycles. The summed E-state index contributed by atoms with van der Waals surface area (Å²) in [4.78, 5) is 15.1. The molecule has 1 heterocycles. The first kappa shape index (κ1) is 15.2. The SMILES string of the molecule is CCCN1CCCC[C@H]1C(=O)Cc1c(C)cccc1C. The largest absolute Gasteiger partial charge is 0.298 e. The third-order valence-corrected chi connectivity index (χ3v) is 4.49. The Morgan fingerprint density at radius 2 is 1.95 bits per heavy atom. The van der Waals surface area contributed by atoms with Crippen molar-refractivity contribution in [2.75, 3.05) is 13.1 Å². The number of carbonyl (C=O) groups excluding carboxylic acids is 1. The van der Waals surface area contributed by atoms with Crippen LogP contribution in [0.5, 0.6) is 0 Å². The second-order valence-corrected chi connectivity index (χ2v) is 6.06. The van der Waals surface area contributed by atoms with Gasteiger partial charge in [0.25, 0.3) is 0 Å². The van der Waals surface area contributed by atoms with Crippen LogP contribution in [0.3, 0.4) is 0 Å². The molecule has 0 amide bonds. The highest BCUT2D eigenvalue weighted by molar-refractivity contribution is 5.86. The molecule has 110 valence electrons. The molecule has 2 rings (SSSR count). The van der Waals surface area contributed by atoms with Crippen molar-refractivity contribution >= 4 is 5.78 Å². The maximum Gasteiger partial charge on any atom is 0.154 e. The smallest absolute Gasteiger partial charge is 0.154 e. The Bertz CT molecular complexity index is 444. The van der Waals surface area contributed by atoms with Gasteiger partial charge in [-0.05, 0) is 62.9 Å². The standard InChI is InChI=1S/C18H27NO/c1-4-11-19-12-6-5-10-17(19)18(20)13-16-14(2)8-7-9-15(16)3/h7-9,17H,4-6,10-13H2,1-3H3/t17-/m0/s1. The molecule has 0 spiro atoms. The third kappa shape index (κ3) is 3.49. The Balaban J connectivity index is 2.10. The van der Waals surface area contributed by atoms with Gasteiger partial charge in [0, 0.05) is 6.42 Å². The van der Waals surface area contributed by atoms with E-state index in [0.717, 1.165) is 25.9 Å². The van der Waals surface area contributed by atoms with Crippen LogP contribution in [0.15, 0.2) is 18.2 Å². The fourth-order valence-electron chi connectivity index (χ4n) is 3.33. The lowest BCUT2D eigenvalue weighted by atomic mass is 9.91. The lowest BCUT2D eigenvalue weighted by Crippen LogP contribution is -2.45. The Kier molecular flexibility index (Phi) is 5.36. The number of Topliss-reactive ketones (excluding diaryl/α,β-unsaturated/α-hetero) is 1. The molecule has 1 aromatic rings. The molecular formula is C18H27NO. The van der Waals surface area contributed by atoms with Crippen LogP contribution in [0, 0.1) is 13.8 Å². The third-order valence-electron chi connectivity index (χ3n) is 4.49. The van der Waals surface area contributed by atoms with Crippen LogP contribution < -0.4 is 0 Å². The maximum absolute atomic E-state index is 12.7. The minimum Gasteiger partial charge on any atom is -0.298 e. The van der Waals surface area contributed by atoms with Crippen LogP contribution in [0.25, 0.3) is 0 Å². The lowest BCUT2D eigenvalue weighted by Gasteiger charge is -2.34. The van der Waals surface area contributed by atoms with E-state index in [4.69, 9.17) is 0 Å². The number of nitrogens with zero attached hydrogens (tertiary/aromatic N) is 1. The Hall–Kier alpha value is -1.15. The van der Waals surface area contributed by atoms with E-state index in [2.05, 4.69) is 43.9 Å². The van der Waals surface area contributed by atoms with Crippen molar-refractivity contribution in [3.8, 4) is 0 Å². The van der Waals surface area contributed by atoms with Crippen LogP contribution in [0.2, 0.25) is 0 Å². The molecule has 0 radical (unpaired) electrons. The summed E-state index contributed by atoms with van der Waals surface area (Å²) in [6, 6.07) is 6.45. The molecule has 2 nitrogen and oxygen atoms in total. The molecule has 0 bridgehead atoms. The number of hydrogen-bond acceptors (Lipinski definition) is 2. The first-order valence-electron chi connectivity index (χ1n) is 7.95. The molecular weight excluding hydrogens is 246 g/mol. The molecule has 2 heteroatoms. The molecule has 1 aliphatic rings. The highest BCUT2D eigenvalue weighted by atomic mass is 16.1. The summed E-state index contributed by atoms with van der Waals surface area (Å²) in [5.41, 5.74) is 3.73. The van der Waals surface area contributed by atoms with Gasteiger partial charge in [0.05, 0.1) is 6.04 Å². The average Bonchev–Trinajstić information content (AvgIpc) is 2.44. The van der Waals surface area contributed by atoms with E-state index in [-0.39, 0.29) is 6.04 Å². The van der Waals surface area contributed by atoms with E-state index < -0.39 is 0 Å². The van der Waals surface area contributed by atoms with Gasteiger partial charge in [-0.1, -0.05) is 31.5 Å². The summed E-state index contributed by atoms with van der Waals surface area (Å²) in [6.07, 6.45) is 5.22. The van der Waals surface area contributed by atoms with Crippen LogP contribution in [-0.2, 0) is 11.2 Å². The van der Waals surface area contributed by atoms with Gasteiger partial charge < -0.3 is 0 Å². The quantitative estimate of drug-likeness (QED) is 0.815. The molecule has 1 aliphatic heterocycles. The second kappa shape index (κ2) is 7.03. The van der Waals surface area contributed by atoms with Gasteiger partial charge >= 0.3 is 0 Å². The number of benzene rings is 1. The van der Waals surface area contributed by atoms with Crippen molar-refractivity contribution in [3.05, 3.63) is 34.9 Å². The van der Waals surface area contributed by atoms with Crippen LogP contribution in [0.1, 0.15) is 49.3 Å². The molecule has 0 aliphatic carbocycles. The molecule has 0 unspecified atom stereocenters. The van der Waals surface area contributed by atoms with E-state index in [9.17, 15) is 4.79 Å². The monoisotopic (exact) mass is 273 g/mol. The minimum absolute atomic E-state index is 0.155. The van der Waals surface area contributed by atoms with Gasteiger partial charge in [-0.3, -0.25) is 9.69 Å². The second-order valence-electron chi connectivity index (χ2n) is 6.06. The zero-order chi connectivity index (χ0) is 14.5. The zero-order valence-electron chi connectivity index (χ0n) is 13.1. The van der Waals surface area contributed by atoms with Crippen LogP contribution >= 0.6 is 0 Å². The Labute approximate surface area is 123 Å². The Morgan fingerprint density at radius 3 is 2.60 bits per heavy atom. The van der Waals surface area contributed by atoms with Gasteiger partial charge in [-0.15, -0.1) is 0 Å². The van der Waals surface area contributed by atoms with Crippen molar-refractivity contribution < 1.29 is 4.79 Å². The Morgan fingerprint density at radius 1 is 1.25 bits per heavy atom. The number of rotatable bonds is 5. The van der Waals surface area contributed by atoms with Crippen molar-refractivity contribution in [3.63, 3.8) is 0 Å². The van der Waals surface area contributed by atoms with Gasteiger partial charge in [-0.2, -0.15) is 0 Å². The van der Waals surface area contributed by atoms with E-state index in [1.807, 2.05) is 0 Å². The average molecular weight is 273 g/mol. The van der Waals surface area contributed by atoms with E-state index >= 15 is 0 Å². The fourth-order valence-corrected chi connectivity index (χ4v) is 3.33. The number of aryl methyl sites for hydroxylation is 2. The molecule has 1 aromatic carbocycles. The summed E-state index contributed by atoms with van der Waals surface area (Å²) in [6.45, 7) is 8.57. The van der Waals surface area contributed by atoms with Gasteiger partial charge in [-0.25, -0.2) is 0 Å². The predicted octanol–water partition coefficient (Wildman–Crippen LogP) is 3.68. The summed E-state index contributed by atoms with van der Waals surface area (Å²) in [5, 5.41) is 0. The predicted molar refractivity (Wildman–Crippen MR) is 84.1 cm³/mol. The maximum atomic E-state index is 12.7. The first-order valence-corrected chi connectivity index (χ1v) is 7.95. The van der Waals surface area contributed by atoms with E-state index in [0.29, 0.717) is 12.2 Å². The molecule has 1 atom stereocenters. The lowest BCUT2D eigenvalue weighted by molar-refractivity contribution is -0.124. The molecule has 0 saturated carbocycles. The minimum atomic E-state index is 0.155. The van der Waals surface area contributed by atoms with Crippen molar-refractivity contribution in [1.82, 2.24) is 4.90 Å². The highest BCUT2D eigenvalue weighted by Gasteiger charge is 2.28. The topological polar surface area (TPSA) is 20.3 Å². The fraction of sp³-hybridized carbons (Fsp3) is 0.611. The summed E-state index contributed by atoms with van der Waals surface area (Å²) >= 11 is 0.